The first-order valence-electron chi connectivity index (χ1n) is 1.51. The molecule has 0 aliphatic carbocycles. The van der Waals surface area contributed by atoms with Crippen LogP contribution in [0.5, 0.6) is 0 Å². The third-order valence-corrected chi connectivity index (χ3v) is 0. The second kappa shape index (κ2) is 2.88. The topological polar surface area (TPSA) is 0 Å². The molecule has 0 amide bonds. The molecule has 0 unspecified atom stereocenters. The third kappa shape index (κ3) is 110. The van der Waals surface area contributed by atoms with E-state index in [4.69, 9.17) is 0 Å². The van der Waals surface area contributed by atoms with E-state index in [1.807, 2.05) is 21.1 Å². The SMILES string of the molecule is C[N+](C)(C)Br.S. The number of halogens is 1. The maximum absolute atomic E-state index is 3.31. The summed E-state index contributed by atoms with van der Waals surface area (Å²) in [7, 11) is 6.12. The number of hydrogen-bond donors (Lipinski definition) is 0. The van der Waals surface area contributed by atoms with Gasteiger partial charge in [0.2, 0.25) is 16.1 Å². The lowest BCUT2D eigenvalue weighted by molar-refractivity contribution is -0.709. The van der Waals surface area contributed by atoms with Crippen LogP contribution in [0.1, 0.15) is 0 Å². The van der Waals surface area contributed by atoms with E-state index in [2.05, 4.69) is 16.1 Å². The molecular formula is C3H11BrNS+. The van der Waals surface area contributed by atoms with Crippen LogP contribution < -0.4 is 0 Å². The average molecular weight is 173 g/mol. The fraction of sp³-hybridized carbons (Fsp3) is 1.00. The van der Waals surface area contributed by atoms with Gasteiger partial charge in [-0.05, 0) is 0 Å². The molecule has 0 saturated heterocycles. The van der Waals surface area contributed by atoms with E-state index in [1.54, 1.807) is 0 Å². The van der Waals surface area contributed by atoms with Crippen molar-refractivity contribution in [2.75, 3.05) is 21.1 Å². The standard InChI is InChI=1S/C3H9BrN.H2S/c1-5(2,3)4;/h1-3H3;1H2/q+1;. The number of hydrogen-bond acceptors (Lipinski definition) is 0. The Morgan fingerprint density at radius 2 is 1.17 bits per heavy atom. The van der Waals surface area contributed by atoms with Crippen molar-refractivity contribution in [2.24, 2.45) is 0 Å². The Balaban J connectivity index is 0. The van der Waals surface area contributed by atoms with Gasteiger partial charge in [-0.15, -0.1) is 0 Å². The minimum Gasteiger partial charge on any atom is -0.263 e. The van der Waals surface area contributed by atoms with Crippen molar-refractivity contribution >= 4 is 29.6 Å². The van der Waals surface area contributed by atoms with Gasteiger partial charge in [0.25, 0.3) is 0 Å². The van der Waals surface area contributed by atoms with Gasteiger partial charge in [-0.1, -0.05) is 0 Å². The summed E-state index contributed by atoms with van der Waals surface area (Å²) >= 11 is 3.31. The highest BCUT2D eigenvalue weighted by atomic mass is 79.9. The Morgan fingerprint density at radius 3 is 1.17 bits per heavy atom. The first-order valence-corrected chi connectivity index (χ1v) is 2.22. The molecule has 0 atom stereocenters. The maximum atomic E-state index is 3.31. The van der Waals surface area contributed by atoms with Crippen LogP contribution in [0.3, 0.4) is 0 Å². The van der Waals surface area contributed by atoms with E-state index in [0.717, 1.165) is 3.51 Å². The lowest BCUT2D eigenvalue weighted by Gasteiger charge is -2.08. The van der Waals surface area contributed by atoms with Crippen molar-refractivity contribution in [3.05, 3.63) is 0 Å². The largest absolute Gasteiger partial charge is 0.263 e. The third-order valence-electron chi connectivity index (χ3n) is 0. The Bertz CT molecular complexity index is 26.3. The molecule has 0 N–H and O–H groups in total. The van der Waals surface area contributed by atoms with E-state index in [1.165, 1.54) is 0 Å². The summed E-state index contributed by atoms with van der Waals surface area (Å²) in [5.41, 5.74) is 0. The summed E-state index contributed by atoms with van der Waals surface area (Å²) in [6, 6.07) is 0. The second-order valence-electron chi connectivity index (χ2n) is 1.85. The molecule has 0 heterocycles. The average Bonchev–Trinajstić information content (AvgIpc) is 0.722. The Kier molecular flexibility index (Phi) is 4.76. The van der Waals surface area contributed by atoms with Crippen molar-refractivity contribution < 1.29 is 3.51 Å². The van der Waals surface area contributed by atoms with Crippen LogP contribution in [0.15, 0.2) is 0 Å². The van der Waals surface area contributed by atoms with Gasteiger partial charge in [-0.3, -0.25) is 3.51 Å². The van der Waals surface area contributed by atoms with Gasteiger partial charge in [-0.25, -0.2) is 0 Å². The minimum absolute atomic E-state index is 0. The fourth-order valence-electron chi connectivity index (χ4n) is 0. The molecule has 0 spiro atoms. The summed E-state index contributed by atoms with van der Waals surface area (Å²) in [6.45, 7) is 0. The minimum atomic E-state index is 0. The van der Waals surface area contributed by atoms with Crippen molar-refractivity contribution in [1.82, 2.24) is 0 Å². The van der Waals surface area contributed by atoms with Crippen LogP contribution >= 0.6 is 29.6 Å². The van der Waals surface area contributed by atoms with Gasteiger partial charge in [-0.2, -0.15) is 13.5 Å². The highest BCUT2D eigenvalue weighted by molar-refractivity contribution is 9.05. The molecular weight excluding hydrogens is 162 g/mol. The summed E-state index contributed by atoms with van der Waals surface area (Å²) in [6.07, 6.45) is 0. The predicted molar refractivity (Wildman–Crippen MR) is 37.3 cm³/mol. The Morgan fingerprint density at radius 1 is 1.17 bits per heavy atom. The molecule has 0 radical (unpaired) electrons. The van der Waals surface area contributed by atoms with Crippen LogP contribution in [-0.2, 0) is 0 Å². The van der Waals surface area contributed by atoms with Gasteiger partial charge in [0.05, 0.1) is 21.1 Å². The zero-order valence-corrected chi connectivity index (χ0v) is 6.91. The van der Waals surface area contributed by atoms with Gasteiger partial charge >= 0.3 is 0 Å². The first kappa shape index (κ1) is 9.92. The number of quaternary nitrogens is 1. The molecule has 0 fully saturated rings. The van der Waals surface area contributed by atoms with Crippen molar-refractivity contribution in [1.29, 1.82) is 0 Å². The zero-order chi connectivity index (χ0) is 4.50. The fourth-order valence-corrected chi connectivity index (χ4v) is 0. The summed E-state index contributed by atoms with van der Waals surface area (Å²) in [5, 5.41) is 0. The van der Waals surface area contributed by atoms with Crippen LogP contribution in [0.2, 0.25) is 0 Å². The van der Waals surface area contributed by atoms with E-state index < -0.39 is 0 Å². The molecule has 0 aliphatic heterocycles. The molecule has 0 aromatic heterocycles. The van der Waals surface area contributed by atoms with E-state index >= 15 is 0 Å². The first-order chi connectivity index (χ1) is 2.00. The lowest BCUT2D eigenvalue weighted by Crippen LogP contribution is -2.18. The zero-order valence-electron chi connectivity index (χ0n) is 4.33. The summed E-state index contributed by atoms with van der Waals surface area (Å²) < 4.78 is 0.812. The van der Waals surface area contributed by atoms with Crippen molar-refractivity contribution in [2.45, 2.75) is 0 Å². The molecule has 0 aliphatic rings. The highest BCUT2D eigenvalue weighted by Gasteiger charge is 1.94. The van der Waals surface area contributed by atoms with Gasteiger partial charge in [0, 0.05) is 0 Å². The normalized spacial score (nSPS) is 10.0. The lowest BCUT2D eigenvalue weighted by atomic mass is 11.0. The maximum Gasteiger partial charge on any atom is 0.226 e. The van der Waals surface area contributed by atoms with Crippen molar-refractivity contribution in [3.63, 3.8) is 0 Å². The Hall–Kier alpha value is 0.790. The number of rotatable bonds is 0. The predicted octanol–water partition coefficient (Wildman–Crippen LogP) is 1.12. The van der Waals surface area contributed by atoms with Crippen LogP contribution in [0, 0.1) is 0 Å². The second-order valence-corrected chi connectivity index (χ2v) is 3.98. The molecule has 0 aromatic carbocycles. The monoisotopic (exact) mass is 172 g/mol. The van der Waals surface area contributed by atoms with Crippen molar-refractivity contribution in [3.8, 4) is 0 Å². The van der Waals surface area contributed by atoms with Crippen LogP contribution in [0.25, 0.3) is 0 Å². The summed E-state index contributed by atoms with van der Waals surface area (Å²) in [5.74, 6) is 0. The smallest absolute Gasteiger partial charge is 0.226 e. The molecule has 0 saturated carbocycles. The summed E-state index contributed by atoms with van der Waals surface area (Å²) in [4.78, 5) is 0. The number of nitrogens with zero attached hydrogens (tertiary/aromatic N) is 1. The molecule has 6 heavy (non-hydrogen) atoms. The molecule has 40 valence electrons. The van der Waals surface area contributed by atoms with Gasteiger partial charge < -0.3 is 0 Å². The molecule has 0 aromatic rings. The van der Waals surface area contributed by atoms with E-state index in [9.17, 15) is 0 Å². The molecule has 0 bridgehead atoms. The molecule has 1 nitrogen and oxygen atoms in total. The molecule has 3 heteroatoms. The van der Waals surface area contributed by atoms with Crippen LogP contribution in [0.4, 0.5) is 0 Å². The van der Waals surface area contributed by atoms with Gasteiger partial charge in [0.15, 0.2) is 0 Å². The van der Waals surface area contributed by atoms with Crippen LogP contribution in [-0.4, -0.2) is 24.7 Å². The van der Waals surface area contributed by atoms with Gasteiger partial charge in [0.1, 0.15) is 0 Å². The molecule has 0 rings (SSSR count). The Labute approximate surface area is 54.7 Å². The van der Waals surface area contributed by atoms with E-state index in [-0.39, 0.29) is 13.5 Å². The van der Waals surface area contributed by atoms with E-state index in [0.29, 0.717) is 0 Å². The highest BCUT2D eigenvalue weighted by Crippen LogP contribution is 1.96. The quantitative estimate of drug-likeness (QED) is 0.481.